The second-order valence-corrected chi connectivity index (χ2v) is 4.90. The third-order valence-electron chi connectivity index (χ3n) is 3.04. The van der Waals surface area contributed by atoms with Crippen LogP contribution in [0, 0.1) is 5.82 Å². The van der Waals surface area contributed by atoms with E-state index in [1.54, 1.807) is 0 Å². The Bertz CT molecular complexity index is 764. The van der Waals surface area contributed by atoms with Gasteiger partial charge in [-0.3, -0.25) is 4.79 Å². The van der Waals surface area contributed by atoms with Crippen LogP contribution in [0.4, 0.5) is 10.1 Å². The molecule has 5 nitrogen and oxygen atoms in total. The lowest BCUT2D eigenvalue weighted by Crippen LogP contribution is -2.13. The van der Waals surface area contributed by atoms with Crippen molar-refractivity contribution in [3.05, 3.63) is 58.4 Å². The highest BCUT2D eigenvalue weighted by atomic mass is 35.5. The molecule has 1 amide bonds. The molecule has 0 fully saturated rings. The fourth-order valence-corrected chi connectivity index (χ4v) is 2.07. The van der Waals surface area contributed by atoms with Crippen molar-refractivity contribution < 1.29 is 23.5 Å². The lowest BCUT2D eigenvalue weighted by atomic mass is 10.1. The van der Waals surface area contributed by atoms with E-state index in [4.69, 9.17) is 16.3 Å². The number of hydrogen-bond donors (Lipinski definition) is 1. The Hall–Kier alpha value is -2.60. The summed E-state index contributed by atoms with van der Waals surface area (Å²) in [6, 6.07) is 8.20. The Morgan fingerprint density at radius 2 is 1.87 bits per heavy atom. The number of amides is 1. The maximum absolute atomic E-state index is 13.6. The van der Waals surface area contributed by atoms with Crippen molar-refractivity contribution in [2.45, 2.75) is 0 Å². The Morgan fingerprint density at radius 3 is 2.48 bits per heavy atom. The molecule has 0 saturated heterocycles. The van der Waals surface area contributed by atoms with Crippen LogP contribution in [-0.4, -0.2) is 26.1 Å². The molecule has 0 bridgehead atoms. The number of ether oxygens (including phenoxy) is 2. The van der Waals surface area contributed by atoms with Crippen molar-refractivity contribution in [3.8, 4) is 5.75 Å². The summed E-state index contributed by atoms with van der Waals surface area (Å²) >= 11 is 5.90. The van der Waals surface area contributed by atoms with Gasteiger partial charge in [0, 0.05) is 11.3 Å². The zero-order valence-electron chi connectivity index (χ0n) is 12.4. The second-order valence-electron chi connectivity index (χ2n) is 4.49. The molecule has 0 aliphatic carbocycles. The predicted octanol–water partition coefficient (Wildman–Crippen LogP) is 3.53. The summed E-state index contributed by atoms with van der Waals surface area (Å²) in [4.78, 5) is 23.7. The molecule has 0 atom stereocenters. The number of halogens is 2. The highest BCUT2D eigenvalue weighted by Crippen LogP contribution is 2.23. The minimum atomic E-state index is -0.647. The topological polar surface area (TPSA) is 64.6 Å². The molecular formula is C16H13ClFNO4. The standard InChI is InChI=1S/C16H13ClFNO4/c1-22-14-6-3-9(7-13(14)18)15(20)19-10-4-5-12(17)11(8-10)16(21)23-2/h3-8H,1-2H3,(H,19,20). The summed E-state index contributed by atoms with van der Waals surface area (Å²) in [7, 11) is 2.56. The molecule has 23 heavy (non-hydrogen) atoms. The second kappa shape index (κ2) is 7.11. The number of benzene rings is 2. The average molecular weight is 338 g/mol. The van der Waals surface area contributed by atoms with E-state index >= 15 is 0 Å². The van der Waals surface area contributed by atoms with Crippen molar-refractivity contribution in [1.29, 1.82) is 0 Å². The van der Waals surface area contributed by atoms with E-state index in [2.05, 4.69) is 10.1 Å². The van der Waals surface area contributed by atoms with Gasteiger partial charge in [0.25, 0.3) is 5.91 Å². The Labute approximate surface area is 137 Å². The smallest absolute Gasteiger partial charge is 0.339 e. The normalized spacial score (nSPS) is 10.1. The number of rotatable bonds is 4. The lowest BCUT2D eigenvalue weighted by Gasteiger charge is -2.09. The molecular weight excluding hydrogens is 325 g/mol. The van der Waals surface area contributed by atoms with Crippen LogP contribution in [0.15, 0.2) is 36.4 Å². The van der Waals surface area contributed by atoms with Crippen LogP contribution in [0.2, 0.25) is 5.02 Å². The number of nitrogens with one attached hydrogen (secondary N) is 1. The summed E-state index contributed by atoms with van der Waals surface area (Å²) in [5.41, 5.74) is 0.557. The van der Waals surface area contributed by atoms with E-state index in [9.17, 15) is 14.0 Å². The van der Waals surface area contributed by atoms with E-state index in [1.165, 1.54) is 44.6 Å². The summed E-state index contributed by atoms with van der Waals surface area (Å²) < 4.78 is 23.0. The minimum Gasteiger partial charge on any atom is -0.494 e. The number of methoxy groups -OCH3 is 2. The highest BCUT2D eigenvalue weighted by molar-refractivity contribution is 6.33. The molecule has 1 N–H and O–H groups in total. The maximum atomic E-state index is 13.6. The largest absolute Gasteiger partial charge is 0.494 e. The van der Waals surface area contributed by atoms with Gasteiger partial charge < -0.3 is 14.8 Å². The van der Waals surface area contributed by atoms with Crippen molar-refractivity contribution >= 4 is 29.2 Å². The lowest BCUT2D eigenvalue weighted by molar-refractivity contribution is 0.0600. The van der Waals surface area contributed by atoms with E-state index in [0.29, 0.717) is 5.69 Å². The number of hydrogen-bond acceptors (Lipinski definition) is 4. The zero-order chi connectivity index (χ0) is 17.0. The van der Waals surface area contributed by atoms with E-state index < -0.39 is 17.7 Å². The first-order valence-electron chi connectivity index (χ1n) is 6.49. The van der Waals surface area contributed by atoms with Gasteiger partial charge in [-0.1, -0.05) is 11.6 Å². The number of carbonyl (C=O) groups excluding carboxylic acids is 2. The fraction of sp³-hybridized carbons (Fsp3) is 0.125. The molecule has 0 unspecified atom stereocenters. The molecule has 0 saturated carbocycles. The summed E-state index contributed by atoms with van der Waals surface area (Å²) in [5, 5.41) is 2.76. The first kappa shape index (κ1) is 16.8. The van der Waals surface area contributed by atoms with E-state index in [0.717, 1.165) is 6.07 Å². The van der Waals surface area contributed by atoms with Gasteiger partial charge in [-0.05, 0) is 36.4 Å². The van der Waals surface area contributed by atoms with E-state index in [1.807, 2.05) is 0 Å². The van der Waals surface area contributed by atoms with Crippen LogP contribution in [0.25, 0.3) is 0 Å². The van der Waals surface area contributed by atoms with Crippen molar-refractivity contribution in [3.63, 3.8) is 0 Å². The van der Waals surface area contributed by atoms with Crippen molar-refractivity contribution in [2.75, 3.05) is 19.5 Å². The zero-order valence-corrected chi connectivity index (χ0v) is 13.1. The van der Waals surface area contributed by atoms with Gasteiger partial charge in [-0.15, -0.1) is 0 Å². The first-order valence-corrected chi connectivity index (χ1v) is 6.86. The van der Waals surface area contributed by atoms with Crippen LogP contribution in [0.1, 0.15) is 20.7 Å². The molecule has 0 heterocycles. The highest BCUT2D eigenvalue weighted by Gasteiger charge is 2.14. The Morgan fingerprint density at radius 1 is 1.13 bits per heavy atom. The van der Waals surface area contributed by atoms with Gasteiger partial charge in [-0.25, -0.2) is 9.18 Å². The summed E-state index contributed by atoms with van der Waals surface area (Å²) in [5.74, 6) is -1.76. The maximum Gasteiger partial charge on any atom is 0.339 e. The molecule has 2 aromatic rings. The van der Waals surface area contributed by atoms with Gasteiger partial charge in [-0.2, -0.15) is 0 Å². The molecule has 0 aromatic heterocycles. The molecule has 0 aliphatic rings. The number of esters is 1. The monoisotopic (exact) mass is 337 g/mol. The number of anilines is 1. The average Bonchev–Trinajstić information content (AvgIpc) is 2.55. The van der Waals surface area contributed by atoms with Crippen molar-refractivity contribution in [1.82, 2.24) is 0 Å². The van der Waals surface area contributed by atoms with Gasteiger partial charge in [0.15, 0.2) is 11.6 Å². The van der Waals surface area contributed by atoms with Crippen LogP contribution in [0.5, 0.6) is 5.75 Å². The number of carbonyl (C=O) groups is 2. The Balaban J connectivity index is 2.23. The third-order valence-corrected chi connectivity index (χ3v) is 3.37. The van der Waals surface area contributed by atoms with Gasteiger partial charge >= 0.3 is 5.97 Å². The summed E-state index contributed by atoms with van der Waals surface area (Å²) in [6.07, 6.45) is 0. The van der Waals surface area contributed by atoms with Crippen molar-refractivity contribution in [2.24, 2.45) is 0 Å². The third kappa shape index (κ3) is 3.78. The summed E-state index contributed by atoms with van der Waals surface area (Å²) in [6.45, 7) is 0. The van der Waals surface area contributed by atoms with Crippen LogP contribution in [0.3, 0.4) is 0 Å². The van der Waals surface area contributed by atoms with Crippen LogP contribution in [-0.2, 0) is 4.74 Å². The van der Waals surface area contributed by atoms with Gasteiger partial charge in [0.05, 0.1) is 24.8 Å². The van der Waals surface area contributed by atoms with Crippen LogP contribution < -0.4 is 10.1 Å². The molecule has 0 radical (unpaired) electrons. The first-order chi connectivity index (χ1) is 11.0. The minimum absolute atomic E-state index is 0.0426. The van der Waals surface area contributed by atoms with Gasteiger partial charge in [0.2, 0.25) is 0 Å². The molecule has 7 heteroatoms. The molecule has 2 aromatic carbocycles. The molecule has 0 spiro atoms. The predicted molar refractivity (Wildman–Crippen MR) is 83.7 cm³/mol. The molecule has 0 aliphatic heterocycles. The van der Waals surface area contributed by atoms with Crippen LogP contribution >= 0.6 is 11.6 Å². The SMILES string of the molecule is COC(=O)c1cc(NC(=O)c2ccc(OC)c(F)c2)ccc1Cl. The van der Waals surface area contributed by atoms with Gasteiger partial charge in [0.1, 0.15) is 0 Å². The Kier molecular flexibility index (Phi) is 5.18. The molecule has 120 valence electrons. The fourth-order valence-electron chi connectivity index (χ4n) is 1.88. The molecule has 2 rings (SSSR count). The quantitative estimate of drug-likeness (QED) is 0.867. The van der Waals surface area contributed by atoms with E-state index in [-0.39, 0.29) is 21.9 Å².